The third kappa shape index (κ3) is 3.03. The maximum Gasteiger partial charge on any atom is 0.147 e. The Kier molecular flexibility index (Phi) is 4.27. The van der Waals surface area contributed by atoms with Crippen LogP contribution in [0.2, 0.25) is 5.02 Å². The van der Waals surface area contributed by atoms with Gasteiger partial charge >= 0.3 is 0 Å². The maximum absolute atomic E-state index is 14.0. The van der Waals surface area contributed by atoms with E-state index in [9.17, 15) is 9.65 Å². The van der Waals surface area contributed by atoms with Crippen LogP contribution in [-0.2, 0) is 0 Å². The van der Waals surface area contributed by atoms with E-state index >= 15 is 0 Å². The van der Waals surface area contributed by atoms with Crippen LogP contribution in [0.1, 0.15) is 11.3 Å². The van der Waals surface area contributed by atoms with Gasteiger partial charge < -0.3 is 4.57 Å². The first kappa shape index (κ1) is 15.1. The second-order valence-electron chi connectivity index (χ2n) is 4.90. The van der Waals surface area contributed by atoms with Crippen LogP contribution in [0.25, 0.3) is 17.3 Å². The number of rotatable bonds is 3. The number of hydrogen-bond acceptors (Lipinski definition) is 1. The molecule has 0 radical (unpaired) electrons. The quantitative estimate of drug-likeness (QED) is 0.599. The van der Waals surface area contributed by atoms with Crippen molar-refractivity contribution >= 4 is 23.3 Å². The molecule has 0 aliphatic carbocycles. The average Bonchev–Trinajstić information content (AvgIpc) is 3.02. The third-order valence-electron chi connectivity index (χ3n) is 3.47. The summed E-state index contributed by atoms with van der Waals surface area (Å²) < 4.78 is 15.7. The number of hydrogen-bond donors (Lipinski definition) is 0. The molecule has 0 fully saturated rings. The summed E-state index contributed by atoms with van der Waals surface area (Å²) in [7, 11) is 0. The summed E-state index contributed by atoms with van der Waals surface area (Å²) >= 11 is 6.16. The molecule has 3 aromatic rings. The van der Waals surface area contributed by atoms with E-state index < -0.39 is 0 Å². The van der Waals surface area contributed by atoms with Gasteiger partial charge in [-0.2, -0.15) is 5.26 Å². The standard InChI is InChI=1S/C19H12ClFN2/c20-17-8-2-1-7-16(17)14(13-22)12-15-6-5-11-23(15)19-10-4-3-9-18(19)21/h1-12H/b14-12+. The Morgan fingerprint density at radius 3 is 2.52 bits per heavy atom. The molecule has 112 valence electrons. The van der Waals surface area contributed by atoms with Crippen LogP contribution in [0.15, 0.2) is 66.9 Å². The van der Waals surface area contributed by atoms with Crippen LogP contribution in [0.3, 0.4) is 0 Å². The predicted molar refractivity (Wildman–Crippen MR) is 90.7 cm³/mol. The lowest BCUT2D eigenvalue weighted by molar-refractivity contribution is 0.618. The van der Waals surface area contributed by atoms with Crippen LogP contribution in [-0.4, -0.2) is 4.57 Å². The van der Waals surface area contributed by atoms with Gasteiger partial charge in [0, 0.05) is 22.5 Å². The minimum atomic E-state index is -0.324. The van der Waals surface area contributed by atoms with E-state index in [1.807, 2.05) is 18.2 Å². The van der Waals surface area contributed by atoms with Gasteiger partial charge in [-0.3, -0.25) is 0 Å². The number of allylic oxidation sites excluding steroid dienone is 1. The fraction of sp³-hybridized carbons (Fsp3) is 0. The van der Waals surface area contributed by atoms with Gasteiger partial charge in [0.2, 0.25) is 0 Å². The molecule has 0 saturated heterocycles. The van der Waals surface area contributed by atoms with Crippen LogP contribution in [0, 0.1) is 17.1 Å². The molecule has 1 heterocycles. The first-order valence-corrected chi connectivity index (χ1v) is 7.37. The molecule has 0 aliphatic rings. The summed E-state index contributed by atoms with van der Waals surface area (Å²) in [6, 6.07) is 19.4. The van der Waals surface area contributed by atoms with Crippen LogP contribution < -0.4 is 0 Å². The summed E-state index contributed by atoms with van der Waals surface area (Å²) in [5, 5.41) is 9.96. The zero-order valence-electron chi connectivity index (χ0n) is 12.1. The summed E-state index contributed by atoms with van der Waals surface area (Å²) in [6.07, 6.45) is 3.46. The molecule has 0 bridgehead atoms. The van der Waals surface area contributed by atoms with Gasteiger partial charge in [0.15, 0.2) is 0 Å². The third-order valence-corrected chi connectivity index (χ3v) is 3.80. The number of nitriles is 1. The van der Waals surface area contributed by atoms with Crippen molar-refractivity contribution in [2.24, 2.45) is 0 Å². The Bertz CT molecular complexity index is 919. The number of para-hydroxylation sites is 1. The molecule has 2 aromatic carbocycles. The average molecular weight is 323 g/mol. The van der Waals surface area contributed by atoms with Crippen molar-refractivity contribution < 1.29 is 4.39 Å². The van der Waals surface area contributed by atoms with E-state index in [1.165, 1.54) is 6.07 Å². The zero-order valence-corrected chi connectivity index (χ0v) is 12.8. The van der Waals surface area contributed by atoms with Gasteiger partial charge in [-0.25, -0.2) is 4.39 Å². The SMILES string of the molecule is N#C/C(=C\c1cccn1-c1ccccc1F)c1ccccc1Cl. The highest BCUT2D eigenvalue weighted by atomic mass is 35.5. The van der Waals surface area contributed by atoms with Crippen LogP contribution >= 0.6 is 11.6 Å². The molecule has 0 aliphatic heterocycles. The minimum absolute atomic E-state index is 0.324. The first-order valence-electron chi connectivity index (χ1n) is 6.99. The molecule has 3 rings (SSSR count). The highest BCUT2D eigenvalue weighted by molar-refractivity contribution is 6.32. The summed E-state index contributed by atoms with van der Waals surface area (Å²) in [5.41, 5.74) is 2.21. The van der Waals surface area contributed by atoms with Gasteiger partial charge in [-0.15, -0.1) is 0 Å². The Hall–Kier alpha value is -2.83. The number of aromatic nitrogens is 1. The van der Waals surface area contributed by atoms with Crippen molar-refractivity contribution in [1.29, 1.82) is 5.26 Å². The molecule has 1 aromatic heterocycles. The fourth-order valence-electron chi connectivity index (χ4n) is 2.38. The Morgan fingerprint density at radius 1 is 1.04 bits per heavy atom. The lowest BCUT2D eigenvalue weighted by Gasteiger charge is -2.08. The molecule has 4 heteroatoms. The minimum Gasteiger partial charge on any atom is -0.314 e. The van der Waals surface area contributed by atoms with E-state index in [0.717, 1.165) is 0 Å². The number of nitrogens with zero attached hydrogens (tertiary/aromatic N) is 2. The lowest BCUT2D eigenvalue weighted by atomic mass is 10.1. The number of benzene rings is 2. The first-order chi connectivity index (χ1) is 11.2. The highest BCUT2D eigenvalue weighted by Crippen LogP contribution is 2.26. The van der Waals surface area contributed by atoms with E-state index in [1.54, 1.807) is 53.2 Å². The second-order valence-corrected chi connectivity index (χ2v) is 5.31. The fourth-order valence-corrected chi connectivity index (χ4v) is 2.61. The van der Waals surface area contributed by atoms with Gasteiger partial charge in [-0.1, -0.05) is 41.9 Å². The second kappa shape index (κ2) is 6.51. The Labute approximate surface area is 138 Å². The van der Waals surface area contributed by atoms with Crippen molar-refractivity contribution in [1.82, 2.24) is 4.57 Å². The molecule has 0 spiro atoms. The van der Waals surface area contributed by atoms with Crippen molar-refractivity contribution in [2.45, 2.75) is 0 Å². The van der Waals surface area contributed by atoms with Gasteiger partial charge in [0.05, 0.1) is 17.3 Å². The van der Waals surface area contributed by atoms with Crippen LogP contribution in [0.5, 0.6) is 0 Å². The van der Waals surface area contributed by atoms with E-state index in [2.05, 4.69) is 6.07 Å². The Morgan fingerprint density at radius 2 is 1.78 bits per heavy atom. The lowest BCUT2D eigenvalue weighted by Crippen LogP contribution is -1.98. The highest BCUT2D eigenvalue weighted by Gasteiger charge is 2.09. The zero-order chi connectivity index (χ0) is 16.2. The molecule has 0 N–H and O–H groups in total. The molecular formula is C19H12ClFN2. The number of halogens is 2. The normalized spacial score (nSPS) is 11.3. The topological polar surface area (TPSA) is 28.7 Å². The van der Waals surface area contributed by atoms with Gasteiger partial charge in [-0.05, 0) is 36.4 Å². The summed E-state index contributed by atoms with van der Waals surface area (Å²) in [6.45, 7) is 0. The largest absolute Gasteiger partial charge is 0.314 e. The Balaban J connectivity index is 2.11. The van der Waals surface area contributed by atoms with E-state index in [-0.39, 0.29) is 5.82 Å². The van der Waals surface area contributed by atoms with E-state index in [4.69, 9.17) is 11.6 Å². The van der Waals surface area contributed by atoms with Crippen molar-refractivity contribution in [3.8, 4) is 11.8 Å². The van der Waals surface area contributed by atoms with Crippen molar-refractivity contribution in [3.63, 3.8) is 0 Å². The monoisotopic (exact) mass is 322 g/mol. The van der Waals surface area contributed by atoms with E-state index in [0.29, 0.717) is 27.5 Å². The smallest absolute Gasteiger partial charge is 0.147 e. The van der Waals surface area contributed by atoms with Gasteiger partial charge in [0.25, 0.3) is 0 Å². The molecule has 23 heavy (non-hydrogen) atoms. The molecule has 0 unspecified atom stereocenters. The maximum atomic E-state index is 14.0. The predicted octanol–water partition coefficient (Wildman–Crippen LogP) is 5.33. The molecule has 2 nitrogen and oxygen atoms in total. The molecule has 0 saturated carbocycles. The summed E-state index contributed by atoms with van der Waals surface area (Å²) in [5.74, 6) is -0.324. The van der Waals surface area contributed by atoms with Crippen molar-refractivity contribution in [2.75, 3.05) is 0 Å². The molecule has 0 amide bonds. The molecule has 0 atom stereocenters. The van der Waals surface area contributed by atoms with Crippen molar-refractivity contribution in [3.05, 3.63) is 89.0 Å². The summed E-state index contributed by atoms with van der Waals surface area (Å²) in [4.78, 5) is 0. The molecular weight excluding hydrogens is 311 g/mol. The van der Waals surface area contributed by atoms with Crippen LogP contribution in [0.4, 0.5) is 4.39 Å². The van der Waals surface area contributed by atoms with Gasteiger partial charge in [0.1, 0.15) is 5.82 Å².